The Morgan fingerprint density at radius 2 is 1.86 bits per heavy atom. The number of rotatable bonds is 6. The number of hydrogen-bond donors (Lipinski definition) is 1. The monoisotopic (exact) mass is 486 g/mol. The van der Waals surface area contributed by atoms with Gasteiger partial charge in [0.1, 0.15) is 18.3 Å². The number of halogens is 1. The van der Waals surface area contributed by atoms with Crippen molar-refractivity contribution in [2.75, 3.05) is 23.9 Å². The molecule has 1 aliphatic rings. The van der Waals surface area contributed by atoms with Gasteiger partial charge in [-0.25, -0.2) is 0 Å². The summed E-state index contributed by atoms with van der Waals surface area (Å²) in [5.74, 6) is 0.728. The lowest BCUT2D eigenvalue weighted by Gasteiger charge is -2.32. The van der Waals surface area contributed by atoms with E-state index in [2.05, 4.69) is 26.9 Å². The van der Waals surface area contributed by atoms with Crippen LogP contribution in [0.2, 0.25) is 5.02 Å². The molecule has 2 heterocycles. The Balaban J connectivity index is 1.53. The minimum Gasteiger partial charge on any atom is -0.495 e. The number of aromatic nitrogens is 4. The molecule has 0 saturated carbocycles. The molecule has 9 heteroatoms. The SMILES string of the molecule is COc1ccc(Cl)cc1NC(=O)CN1C(c2ccc(C)cc2)=CC(c2ccccc2)n2nnnc21. The van der Waals surface area contributed by atoms with E-state index >= 15 is 0 Å². The molecule has 0 bridgehead atoms. The molecule has 1 aliphatic heterocycles. The first-order chi connectivity index (χ1) is 17.0. The van der Waals surface area contributed by atoms with Crippen LogP contribution in [-0.2, 0) is 4.79 Å². The summed E-state index contributed by atoms with van der Waals surface area (Å²) in [6.45, 7) is 2.02. The minimum atomic E-state index is -0.267. The zero-order chi connectivity index (χ0) is 24.4. The van der Waals surface area contributed by atoms with Crippen LogP contribution in [0.15, 0.2) is 78.9 Å². The molecule has 0 aliphatic carbocycles. The van der Waals surface area contributed by atoms with Crippen molar-refractivity contribution in [1.82, 2.24) is 20.2 Å². The van der Waals surface area contributed by atoms with Crippen LogP contribution >= 0.6 is 11.6 Å². The van der Waals surface area contributed by atoms with E-state index in [0.717, 1.165) is 22.4 Å². The average Bonchev–Trinajstić information content (AvgIpc) is 3.36. The molecule has 0 spiro atoms. The molecule has 1 atom stereocenters. The van der Waals surface area contributed by atoms with Crippen LogP contribution in [0.4, 0.5) is 11.6 Å². The van der Waals surface area contributed by atoms with E-state index in [-0.39, 0.29) is 18.5 Å². The van der Waals surface area contributed by atoms with Crippen molar-refractivity contribution in [3.05, 3.63) is 101 Å². The molecular weight excluding hydrogens is 464 g/mol. The van der Waals surface area contributed by atoms with Gasteiger partial charge < -0.3 is 10.1 Å². The summed E-state index contributed by atoms with van der Waals surface area (Å²) < 4.78 is 7.09. The largest absolute Gasteiger partial charge is 0.495 e. The summed E-state index contributed by atoms with van der Waals surface area (Å²) in [4.78, 5) is 15.0. The Labute approximate surface area is 207 Å². The fourth-order valence-corrected chi connectivity index (χ4v) is 4.27. The zero-order valence-corrected chi connectivity index (χ0v) is 20.0. The number of benzene rings is 3. The number of carbonyl (C=O) groups is 1. The summed E-state index contributed by atoms with van der Waals surface area (Å²) in [5.41, 5.74) is 4.48. The van der Waals surface area contributed by atoms with Gasteiger partial charge >= 0.3 is 0 Å². The third-order valence-electron chi connectivity index (χ3n) is 5.81. The summed E-state index contributed by atoms with van der Waals surface area (Å²) in [5, 5.41) is 15.8. The van der Waals surface area contributed by atoms with Crippen LogP contribution in [0.5, 0.6) is 5.75 Å². The van der Waals surface area contributed by atoms with E-state index in [1.807, 2.05) is 66.4 Å². The van der Waals surface area contributed by atoms with E-state index in [1.54, 1.807) is 30.0 Å². The molecule has 0 saturated heterocycles. The number of nitrogens with one attached hydrogen (secondary N) is 1. The fraction of sp³-hybridized carbons (Fsp3) is 0.154. The summed E-state index contributed by atoms with van der Waals surface area (Å²) in [7, 11) is 1.54. The smallest absolute Gasteiger partial charge is 0.251 e. The van der Waals surface area contributed by atoms with Gasteiger partial charge in [0.2, 0.25) is 5.91 Å². The minimum absolute atomic E-state index is 0.0166. The molecule has 1 aromatic heterocycles. The fourth-order valence-electron chi connectivity index (χ4n) is 4.10. The summed E-state index contributed by atoms with van der Waals surface area (Å²) in [6.07, 6.45) is 2.08. The maximum Gasteiger partial charge on any atom is 0.251 e. The Kier molecular flexibility index (Phi) is 6.20. The highest BCUT2D eigenvalue weighted by Crippen LogP contribution is 2.36. The molecule has 5 rings (SSSR count). The molecule has 3 aromatic carbocycles. The lowest BCUT2D eigenvalue weighted by molar-refractivity contribution is -0.114. The number of nitrogens with zero attached hydrogens (tertiary/aromatic N) is 5. The van der Waals surface area contributed by atoms with Crippen molar-refractivity contribution in [2.45, 2.75) is 13.0 Å². The Bertz CT molecular complexity index is 1380. The molecule has 8 nitrogen and oxygen atoms in total. The maximum absolute atomic E-state index is 13.2. The summed E-state index contributed by atoms with van der Waals surface area (Å²) in [6, 6.07) is 23.0. The molecule has 176 valence electrons. The van der Waals surface area contributed by atoms with Crippen molar-refractivity contribution in [3.8, 4) is 5.75 Å². The van der Waals surface area contributed by atoms with E-state index in [0.29, 0.717) is 22.4 Å². The Hall–Kier alpha value is -4.17. The second-order valence-corrected chi connectivity index (χ2v) is 8.61. The van der Waals surface area contributed by atoms with Crippen LogP contribution in [0, 0.1) is 6.92 Å². The highest BCUT2D eigenvalue weighted by Gasteiger charge is 2.32. The van der Waals surface area contributed by atoms with E-state index in [1.165, 1.54) is 0 Å². The van der Waals surface area contributed by atoms with Gasteiger partial charge in [-0.15, -0.1) is 0 Å². The molecular formula is C26H23ClN6O2. The number of amides is 1. The van der Waals surface area contributed by atoms with Gasteiger partial charge in [0.15, 0.2) is 0 Å². The average molecular weight is 487 g/mol. The number of allylic oxidation sites excluding steroid dienone is 1. The van der Waals surface area contributed by atoms with Crippen LogP contribution in [0.25, 0.3) is 5.70 Å². The lowest BCUT2D eigenvalue weighted by Crippen LogP contribution is -2.37. The van der Waals surface area contributed by atoms with E-state index in [9.17, 15) is 4.79 Å². The number of aryl methyl sites for hydroxylation is 1. The van der Waals surface area contributed by atoms with Gasteiger partial charge in [-0.1, -0.05) is 76.9 Å². The third kappa shape index (κ3) is 4.61. The molecule has 1 unspecified atom stereocenters. The number of ether oxygens (including phenoxy) is 1. The molecule has 0 fully saturated rings. The van der Waals surface area contributed by atoms with E-state index in [4.69, 9.17) is 16.3 Å². The highest BCUT2D eigenvalue weighted by molar-refractivity contribution is 6.31. The normalized spacial score (nSPS) is 14.8. The first kappa shape index (κ1) is 22.6. The van der Waals surface area contributed by atoms with Crippen LogP contribution in [0.1, 0.15) is 22.7 Å². The summed E-state index contributed by atoms with van der Waals surface area (Å²) >= 11 is 6.14. The van der Waals surface area contributed by atoms with Gasteiger partial charge in [-0.05, 0) is 52.8 Å². The predicted molar refractivity (Wildman–Crippen MR) is 136 cm³/mol. The standard InChI is InChI=1S/C26H23ClN6O2/c1-17-8-10-19(11-9-17)22-15-23(18-6-4-3-5-7-18)33-26(29-30-31-33)32(22)16-25(34)28-21-14-20(27)12-13-24(21)35-2/h3-15,23H,16H2,1-2H3,(H,28,34). The maximum atomic E-state index is 13.2. The number of tetrazole rings is 1. The number of fused-ring (bicyclic) bond motifs is 1. The predicted octanol–water partition coefficient (Wildman–Crippen LogP) is 4.73. The molecule has 1 amide bonds. The van der Waals surface area contributed by atoms with Gasteiger partial charge in [-0.2, -0.15) is 4.68 Å². The molecule has 4 aromatic rings. The van der Waals surface area contributed by atoms with Crippen molar-refractivity contribution < 1.29 is 9.53 Å². The second-order valence-electron chi connectivity index (χ2n) is 8.18. The van der Waals surface area contributed by atoms with Crippen molar-refractivity contribution in [2.24, 2.45) is 0 Å². The molecule has 0 radical (unpaired) electrons. The molecule has 1 N–H and O–H groups in total. The van der Waals surface area contributed by atoms with Gasteiger partial charge in [0.25, 0.3) is 5.95 Å². The van der Waals surface area contributed by atoms with Crippen molar-refractivity contribution in [3.63, 3.8) is 0 Å². The first-order valence-electron chi connectivity index (χ1n) is 11.1. The number of hydrogen-bond acceptors (Lipinski definition) is 6. The Morgan fingerprint density at radius 1 is 1.09 bits per heavy atom. The number of anilines is 2. The van der Waals surface area contributed by atoms with Gasteiger partial charge in [-0.3, -0.25) is 9.69 Å². The van der Waals surface area contributed by atoms with E-state index < -0.39 is 0 Å². The van der Waals surface area contributed by atoms with Crippen LogP contribution in [-0.4, -0.2) is 39.8 Å². The van der Waals surface area contributed by atoms with Gasteiger partial charge in [0, 0.05) is 5.02 Å². The van der Waals surface area contributed by atoms with Crippen molar-refractivity contribution >= 4 is 34.8 Å². The second kappa shape index (κ2) is 9.60. The highest BCUT2D eigenvalue weighted by atomic mass is 35.5. The first-order valence-corrected chi connectivity index (χ1v) is 11.4. The zero-order valence-electron chi connectivity index (χ0n) is 19.2. The molecule has 35 heavy (non-hydrogen) atoms. The topological polar surface area (TPSA) is 85.2 Å². The van der Waals surface area contributed by atoms with Crippen molar-refractivity contribution in [1.29, 1.82) is 0 Å². The third-order valence-corrected chi connectivity index (χ3v) is 6.05. The number of carbonyl (C=O) groups excluding carboxylic acids is 1. The van der Waals surface area contributed by atoms with Crippen LogP contribution in [0.3, 0.4) is 0 Å². The lowest BCUT2D eigenvalue weighted by atomic mass is 10.00. The number of methoxy groups -OCH3 is 1. The quantitative estimate of drug-likeness (QED) is 0.424. The van der Waals surface area contributed by atoms with Crippen LogP contribution < -0.4 is 15.0 Å². The Morgan fingerprint density at radius 3 is 2.60 bits per heavy atom. The van der Waals surface area contributed by atoms with Gasteiger partial charge in [0.05, 0.1) is 18.5 Å².